The Bertz CT molecular complexity index is 908. The molecular weight excluding hydrogens is 368 g/mol. The lowest BCUT2D eigenvalue weighted by molar-refractivity contribution is 0.0904. The van der Waals surface area contributed by atoms with Gasteiger partial charge >= 0.3 is 0 Å². The molecule has 4 rings (SSSR count). The van der Waals surface area contributed by atoms with Gasteiger partial charge in [0.2, 0.25) is 15.8 Å². The number of amides is 1. The van der Waals surface area contributed by atoms with Crippen molar-refractivity contribution in [3.63, 3.8) is 0 Å². The van der Waals surface area contributed by atoms with Gasteiger partial charge in [0.05, 0.1) is 5.69 Å². The molecular formula is C18H22N4O4S. The number of nitrogens with zero attached hydrogens (tertiary/aromatic N) is 3. The van der Waals surface area contributed by atoms with Gasteiger partial charge < -0.3 is 9.84 Å². The van der Waals surface area contributed by atoms with E-state index < -0.39 is 10.0 Å². The SMILES string of the molecule is O=C(NCC1CCCN(S(=O)(=O)c2cccnc2)C1)c1cc(C2CC2)no1. The third kappa shape index (κ3) is 4.03. The summed E-state index contributed by atoms with van der Waals surface area (Å²) in [6, 6.07) is 4.87. The van der Waals surface area contributed by atoms with E-state index in [1.165, 1.54) is 10.5 Å². The maximum absolute atomic E-state index is 12.7. The Morgan fingerprint density at radius 2 is 2.19 bits per heavy atom. The highest BCUT2D eigenvalue weighted by molar-refractivity contribution is 7.89. The molecule has 1 amide bonds. The zero-order chi connectivity index (χ0) is 18.9. The topological polar surface area (TPSA) is 105 Å². The highest BCUT2D eigenvalue weighted by Crippen LogP contribution is 2.39. The second kappa shape index (κ2) is 7.40. The Morgan fingerprint density at radius 3 is 2.93 bits per heavy atom. The van der Waals surface area contributed by atoms with Crippen LogP contribution < -0.4 is 5.32 Å². The van der Waals surface area contributed by atoms with Gasteiger partial charge in [-0.15, -0.1) is 0 Å². The number of aromatic nitrogens is 2. The van der Waals surface area contributed by atoms with Gasteiger partial charge in [-0.25, -0.2) is 8.42 Å². The molecule has 9 heteroatoms. The van der Waals surface area contributed by atoms with E-state index in [4.69, 9.17) is 4.52 Å². The number of carbonyl (C=O) groups excluding carboxylic acids is 1. The predicted molar refractivity (Wildman–Crippen MR) is 96.5 cm³/mol. The minimum Gasteiger partial charge on any atom is -0.351 e. The second-order valence-electron chi connectivity index (χ2n) is 7.16. The first-order valence-electron chi connectivity index (χ1n) is 9.19. The predicted octanol–water partition coefficient (Wildman–Crippen LogP) is 1.78. The molecule has 1 aliphatic carbocycles. The molecule has 0 spiro atoms. The molecule has 8 nitrogen and oxygen atoms in total. The monoisotopic (exact) mass is 390 g/mol. The van der Waals surface area contributed by atoms with Crippen molar-refractivity contribution in [1.82, 2.24) is 19.8 Å². The molecule has 2 aromatic rings. The van der Waals surface area contributed by atoms with Crippen LogP contribution in [-0.4, -0.2) is 48.4 Å². The Labute approximate surface area is 158 Å². The van der Waals surface area contributed by atoms with Gasteiger partial charge in [-0.2, -0.15) is 4.31 Å². The van der Waals surface area contributed by atoms with E-state index in [1.54, 1.807) is 24.4 Å². The summed E-state index contributed by atoms with van der Waals surface area (Å²) in [7, 11) is -3.56. The average molecular weight is 390 g/mol. The molecule has 1 atom stereocenters. The van der Waals surface area contributed by atoms with Gasteiger partial charge in [0.1, 0.15) is 4.90 Å². The first-order chi connectivity index (χ1) is 13.0. The number of pyridine rings is 1. The normalized spacial score (nSPS) is 21.1. The van der Waals surface area contributed by atoms with Gasteiger partial charge in [0.25, 0.3) is 5.91 Å². The molecule has 3 heterocycles. The highest BCUT2D eigenvalue weighted by atomic mass is 32.2. The van der Waals surface area contributed by atoms with Crippen molar-refractivity contribution in [3.8, 4) is 0 Å². The van der Waals surface area contributed by atoms with E-state index in [0.29, 0.717) is 25.6 Å². The fraction of sp³-hybridized carbons (Fsp3) is 0.500. The standard InChI is InChI=1S/C18H22N4O4S/c23-18(17-9-16(21-26-17)14-5-6-14)20-10-13-3-2-8-22(12-13)27(24,25)15-4-1-7-19-11-15/h1,4,7,9,11,13-14H,2-3,5-6,8,10,12H2,(H,20,23). The van der Waals surface area contributed by atoms with Crippen LogP contribution in [0.1, 0.15) is 47.8 Å². The van der Waals surface area contributed by atoms with Gasteiger partial charge in [-0.3, -0.25) is 9.78 Å². The van der Waals surface area contributed by atoms with Crippen molar-refractivity contribution < 1.29 is 17.7 Å². The Morgan fingerprint density at radius 1 is 1.33 bits per heavy atom. The van der Waals surface area contributed by atoms with Crippen LogP contribution in [-0.2, 0) is 10.0 Å². The fourth-order valence-electron chi connectivity index (χ4n) is 3.35. The molecule has 1 N–H and O–H groups in total. The summed E-state index contributed by atoms with van der Waals surface area (Å²) in [6.45, 7) is 1.26. The first-order valence-corrected chi connectivity index (χ1v) is 10.6. The quantitative estimate of drug-likeness (QED) is 0.806. The summed E-state index contributed by atoms with van der Waals surface area (Å²) in [5, 5.41) is 6.79. The molecule has 1 unspecified atom stereocenters. The van der Waals surface area contributed by atoms with Gasteiger partial charge in [0, 0.05) is 44.0 Å². The van der Waals surface area contributed by atoms with Crippen LogP contribution in [0.15, 0.2) is 40.0 Å². The Hall–Kier alpha value is -2.26. The summed E-state index contributed by atoms with van der Waals surface area (Å²) in [6.07, 6.45) is 6.72. The van der Waals surface area contributed by atoms with Crippen LogP contribution in [0, 0.1) is 5.92 Å². The number of piperidine rings is 1. The van der Waals surface area contributed by atoms with Crippen LogP contribution in [0.4, 0.5) is 0 Å². The summed E-state index contributed by atoms with van der Waals surface area (Å²) in [5.41, 5.74) is 0.839. The van der Waals surface area contributed by atoms with Crippen molar-refractivity contribution in [1.29, 1.82) is 0 Å². The van der Waals surface area contributed by atoms with Crippen LogP contribution in [0.25, 0.3) is 0 Å². The fourth-order valence-corrected chi connectivity index (χ4v) is 4.87. The Balaban J connectivity index is 1.35. The number of hydrogen-bond donors (Lipinski definition) is 1. The summed E-state index contributed by atoms with van der Waals surface area (Å²) in [5.74, 6) is 0.397. The number of hydrogen-bond acceptors (Lipinski definition) is 6. The lowest BCUT2D eigenvalue weighted by atomic mass is 10.00. The first kappa shape index (κ1) is 18.1. The zero-order valence-corrected chi connectivity index (χ0v) is 15.7. The Kier molecular flexibility index (Phi) is 4.96. The average Bonchev–Trinajstić information content (AvgIpc) is 3.43. The number of sulfonamides is 1. The second-order valence-corrected chi connectivity index (χ2v) is 9.10. The lowest BCUT2D eigenvalue weighted by Crippen LogP contribution is -2.43. The third-order valence-corrected chi connectivity index (χ3v) is 6.90. The molecule has 144 valence electrons. The smallest absolute Gasteiger partial charge is 0.289 e. The molecule has 2 fully saturated rings. The van der Waals surface area contributed by atoms with Crippen LogP contribution >= 0.6 is 0 Å². The van der Waals surface area contributed by atoms with Gasteiger partial charge in [-0.1, -0.05) is 5.16 Å². The molecule has 0 bridgehead atoms. The van der Waals surface area contributed by atoms with E-state index in [1.807, 2.05) is 0 Å². The van der Waals surface area contributed by atoms with Crippen molar-refractivity contribution in [3.05, 3.63) is 42.0 Å². The molecule has 1 aliphatic heterocycles. The minimum atomic E-state index is -3.56. The zero-order valence-electron chi connectivity index (χ0n) is 14.9. The third-order valence-electron chi connectivity index (χ3n) is 5.05. The van der Waals surface area contributed by atoms with E-state index >= 15 is 0 Å². The summed E-state index contributed by atoms with van der Waals surface area (Å²) in [4.78, 5) is 16.4. The molecule has 2 aliphatic rings. The van der Waals surface area contributed by atoms with E-state index in [0.717, 1.165) is 31.4 Å². The maximum Gasteiger partial charge on any atom is 0.289 e. The lowest BCUT2D eigenvalue weighted by Gasteiger charge is -2.31. The van der Waals surface area contributed by atoms with Crippen LogP contribution in [0.3, 0.4) is 0 Å². The summed E-state index contributed by atoms with van der Waals surface area (Å²) < 4.78 is 32.1. The largest absolute Gasteiger partial charge is 0.351 e. The van der Waals surface area contributed by atoms with Crippen LogP contribution in [0.5, 0.6) is 0 Å². The van der Waals surface area contributed by atoms with Crippen LogP contribution in [0.2, 0.25) is 0 Å². The number of rotatable bonds is 6. The van der Waals surface area contributed by atoms with E-state index in [2.05, 4.69) is 15.5 Å². The molecule has 2 aromatic heterocycles. The van der Waals surface area contributed by atoms with Gasteiger partial charge in [-0.05, 0) is 43.7 Å². The molecule has 0 radical (unpaired) electrons. The number of nitrogens with one attached hydrogen (secondary N) is 1. The molecule has 1 saturated heterocycles. The van der Waals surface area contributed by atoms with Crippen molar-refractivity contribution in [2.75, 3.05) is 19.6 Å². The van der Waals surface area contributed by atoms with Crippen molar-refractivity contribution >= 4 is 15.9 Å². The van der Waals surface area contributed by atoms with Crippen molar-refractivity contribution in [2.24, 2.45) is 5.92 Å². The minimum absolute atomic E-state index is 0.0555. The van der Waals surface area contributed by atoms with E-state index in [-0.39, 0.29) is 22.5 Å². The summed E-state index contributed by atoms with van der Waals surface area (Å²) >= 11 is 0. The molecule has 27 heavy (non-hydrogen) atoms. The van der Waals surface area contributed by atoms with E-state index in [9.17, 15) is 13.2 Å². The molecule has 0 aromatic carbocycles. The number of carbonyl (C=O) groups is 1. The maximum atomic E-state index is 12.7. The van der Waals surface area contributed by atoms with Gasteiger partial charge in [0.15, 0.2) is 0 Å². The van der Waals surface area contributed by atoms with Crippen molar-refractivity contribution in [2.45, 2.75) is 36.5 Å². The highest BCUT2D eigenvalue weighted by Gasteiger charge is 2.31. The molecule has 1 saturated carbocycles.